The second kappa shape index (κ2) is 13.2. The molecule has 0 aromatic carbocycles. The summed E-state index contributed by atoms with van der Waals surface area (Å²) in [7, 11) is 0. The van der Waals surface area contributed by atoms with Gasteiger partial charge >= 0.3 is 0 Å². The largest absolute Gasteiger partial charge is 0.103 e. The van der Waals surface area contributed by atoms with Crippen molar-refractivity contribution >= 4 is 0 Å². The lowest BCUT2D eigenvalue weighted by molar-refractivity contribution is 0.372. The van der Waals surface area contributed by atoms with E-state index in [-0.39, 0.29) is 7.43 Å². The summed E-state index contributed by atoms with van der Waals surface area (Å²) in [5, 5.41) is 0. The molecule has 0 saturated carbocycles. The van der Waals surface area contributed by atoms with E-state index in [1.807, 2.05) is 0 Å². The van der Waals surface area contributed by atoms with Crippen molar-refractivity contribution in [2.24, 2.45) is 23.7 Å². The number of hydrogen-bond acceptors (Lipinski definition) is 0. The van der Waals surface area contributed by atoms with Crippen molar-refractivity contribution in [1.82, 2.24) is 0 Å². The minimum atomic E-state index is 0. The zero-order chi connectivity index (χ0) is 14.7. The third-order valence-corrected chi connectivity index (χ3v) is 3.95. The first kappa shape index (κ1) is 21.5. The van der Waals surface area contributed by atoms with Crippen LogP contribution < -0.4 is 0 Å². The summed E-state index contributed by atoms with van der Waals surface area (Å²) in [6.45, 7) is 18.8. The molecule has 0 aromatic rings. The first-order chi connectivity index (χ1) is 9.07. The third kappa shape index (κ3) is 10.1. The summed E-state index contributed by atoms with van der Waals surface area (Å²) in [6, 6.07) is 0. The van der Waals surface area contributed by atoms with Gasteiger partial charge in [0.1, 0.15) is 0 Å². The molecule has 0 aliphatic heterocycles. The van der Waals surface area contributed by atoms with Gasteiger partial charge in [-0.2, -0.15) is 0 Å². The normalized spacial score (nSPS) is 15.0. The van der Waals surface area contributed by atoms with E-state index in [9.17, 15) is 0 Å². The molecule has 0 aliphatic rings. The van der Waals surface area contributed by atoms with Gasteiger partial charge in [-0.3, -0.25) is 0 Å². The van der Waals surface area contributed by atoms with E-state index in [2.05, 4.69) is 58.7 Å². The molecular weight excluding hydrogens is 240 g/mol. The fraction of sp³-hybridized carbons (Fsp3) is 0.700. The highest BCUT2D eigenvalue weighted by Gasteiger charge is 2.14. The Bertz CT molecular complexity index is 249. The average molecular weight is 279 g/mol. The topological polar surface area (TPSA) is 0 Å². The third-order valence-electron chi connectivity index (χ3n) is 3.95. The molecule has 118 valence electrons. The molecule has 0 N–H and O–H groups in total. The van der Waals surface area contributed by atoms with E-state index in [1.165, 1.54) is 38.5 Å². The van der Waals surface area contributed by atoms with Crippen molar-refractivity contribution in [2.45, 2.75) is 66.7 Å². The molecule has 0 bridgehead atoms. The summed E-state index contributed by atoms with van der Waals surface area (Å²) in [5.74, 6) is 2.69. The molecule has 0 aromatic heterocycles. The van der Waals surface area contributed by atoms with Gasteiger partial charge < -0.3 is 0 Å². The molecule has 0 amide bonds. The van der Waals surface area contributed by atoms with Gasteiger partial charge in [0.05, 0.1) is 0 Å². The van der Waals surface area contributed by atoms with Gasteiger partial charge in [0, 0.05) is 0 Å². The summed E-state index contributed by atoms with van der Waals surface area (Å²) < 4.78 is 0. The maximum atomic E-state index is 4.02. The van der Waals surface area contributed by atoms with Gasteiger partial charge in [-0.25, -0.2) is 0 Å². The van der Waals surface area contributed by atoms with Gasteiger partial charge in [0.2, 0.25) is 0 Å². The molecule has 0 aliphatic carbocycles. The molecule has 20 heavy (non-hydrogen) atoms. The maximum absolute atomic E-state index is 4.02. The van der Waals surface area contributed by atoms with Gasteiger partial charge in [-0.1, -0.05) is 52.8 Å². The molecule has 3 unspecified atom stereocenters. The van der Waals surface area contributed by atoms with Crippen LogP contribution in [0.4, 0.5) is 0 Å². The first-order valence-corrected chi connectivity index (χ1v) is 7.94. The van der Waals surface area contributed by atoms with Crippen LogP contribution in [0.1, 0.15) is 66.7 Å². The lowest BCUT2D eigenvalue weighted by Gasteiger charge is -2.21. The number of hydrogen-bond donors (Lipinski definition) is 0. The molecular formula is C20H38. The van der Waals surface area contributed by atoms with Crippen LogP contribution in [0.15, 0.2) is 38.0 Å². The smallest absolute Gasteiger partial charge is 0.0228 e. The predicted octanol–water partition coefficient (Wildman–Crippen LogP) is 7.05. The fourth-order valence-electron chi connectivity index (χ4n) is 2.79. The molecule has 0 spiro atoms. The Morgan fingerprint density at radius 1 is 0.750 bits per heavy atom. The second-order valence-electron chi connectivity index (χ2n) is 6.22. The van der Waals surface area contributed by atoms with Gasteiger partial charge in [0.15, 0.2) is 0 Å². The predicted molar refractivity (Wildman–Crippen MR) is 96.0 cm³/mol. The Kier molecular flexibility index (Phi) is 14.2. The van der Waals surface area contributed by atoms with Crippen molar-refractivity contribution in [3.63, 3.8) is 0 Å². The summed E-state index contributed by atoms with van der Waals surface area (Å²) in [4.78, 5) is 0. The van der Waals surface area contributed by atoms with Crippen LogP contribution >= 0.6 is 0 Å². The zero-order valence-electron chi connectivity index (χ0n) is 13.4. The monoisotopic (exact) mass is 278 g/mol. The quantitative estimate of drug-likeness (QED) is 0.336. The molecule has 0 saturated heterocycles. The molecule has 0 nitrogen and oxygen atoms in total. The molecule has 0 heterocycles. The highest BCUT2D eigenvalue weighted by Crippen LogP contribution is 2.27. The van der Waals surface area contributed by atoms with Crippen molar-refractivity contribution in [3.8, 4) is 0 Å². The van der Waals surface area contributed by atoms with Gasteiger partial charge in [-0.15, -0.1) is 19.7 Å². The Morgan fingerprint density at radius 3 is 1.65 bits per heavy atom. The van der Waals surface area contributed by atoms with Crippen LogP contribution in [0, 0.1) is 23.7 Å². The summed E-state index contributed by atoms with van der Waals surface area (Å²) in [6.07, 6.45) is 13.9. The lowest BCUT2D eigenvalue weighted by atomic mass is 9.84. The summed E-state index contributed by atoms with van der Waals surface area (Å²) in [5.41, 5.74) is 0. The van der Waals surface area contributed by atoms with Gasteiger partial charge in [0.25, 0.3) is 0 Å². The average Bonchev–Trinajstić information content (AvgIpc) is 2.39. The minimum Gasteiger partial charge on any atom is -0.103 e. The van der Waals surface area contributed by atoms with Crippen LogP contribution in [0.3, 0.4) is 0 Å². The SMILES string of the molecule is C.C=CC(CCC)CCC(C=C)CC(C=C)CC(C)C. The minimum absolute atomic E-state index is 0. The van der Waals surface area contributed by atoms with Crippen molar-refractivity contribution < 1.29 is 0 Å². The van der Waals surface area contributed by atoms with E-state index >= 15 is 0 Å². The second-order valence-corrected chi connectivity index (χ2v) is 6.22. The lowest BCUT2D eigenvalue weighted by Crippen LogP contribution is -2.09. The van der Waals surface area contributed by atoms with E-state index in [1.54, 1.807) is 0 Å². The number of allylic oxidation sites excluding steroid dienone is 3. The molecule has 0 fully saturated rings. The highest BCUT2D eigenvalue weighted by molar-refractivity contribution is 4.89. The Labute approximate surface area is 129 Å². The van der Waals surface area contributed by atoms with E-state index in [0.29, 0.717) is 17.8 Å². The first-order valence-electron chi connectivity index (χ1n) is 7.94. The number of rotatable bonds is 12. The molecule has 0 rings (SSSR count). The van der Waals surface area contributed by atoms with Gasteiger partial charge in [-0.05, 0) is 55.8 Å². The van der Waals surface area contributed by atoms with E-state index < -0.39 is 0 Å². The zero-order valence-corrected chi connectivity index (χ0v) is 13.4. The fourth-order valence-corrected chi connectivity index (χ4v) is 2.79. The molecule has 3 atom stereocenters. The van der Waals surface area contributed by atoms with Crippen LogP contribution in [0.25, 0.3) is 0 Å². The van der Waals surface area contributed by atoms with E-state index in [0.717, 1.165) is 5.92 Å². The summed E-state index contributed by atoms with van der Waals surface area (Å²) >= 11 is 0. The Balaban J connectivity index is 0. The van der Waals surface area contributed by atoms with Crippen LogP contribution in [0.2, 0.25) is 0 Å². The van der Waals surface area contributed by atoms with Crippen LogP contribution in [0.5, 0.6) is 0 Å². The van der Waals surface area contributed by atoms with Crippen LogP contribution in [-0.2, 0) is 0 Å². The Morgan fingerprint density at radius 2 is 1.25 bits per heavy atom. The van der Waals surface area contributed by atoms with Crippen molar-refractivity contribution in [2.75, 3.05) is 0 Å². The van der Waals surface area contributed by atoms with E-state index in [4.69, 9.17) is 0 Å². The Hall–Kier alpha value is -0.780. The molecule has 0 heteroatoms. The molecule has 0 radical (unpaired) electrons. The van der Waals surface area contributed by atoms with Crippen molar-refractivity contribution in [1.29, 1.82) is 0 Å². The maximum Gasteiger partial charge on any atom is -0.0228 e. The standard InChI is InChI=1S/C19H34.CH4/c1-7-11-17(8-2)12-13-18(9-3)15-19(10-4)14-16(5)6;/h8-10,16-19H,2-4,7,11-15H2,1,5-6H3;1H4. The van der Waals surface area contributed by atoms with Crippen molar-refractivity contribution in [3.05, 3.63) is 38.0 Å². The van der Waals surface area contributed by atoms with Crippen LogP contribution in [-0.4, -0.2) is 0 Å². The highest BCUT2D eigenvalue weighted by atomic mass is 14.2.